The summed E-state index contributed by atoms with van der Waals surface area (Å²) >= 11 is 0. The van der Waals surface area contributed by atoms with E-state index in [0.717, 1.165) is 10.5 Å². The number of rotatable bonds is 2. The molecule has 0 saturated carbocycles. The molecule has 3 heteroatoms. The molecule has 1 unspecified atom stereocenters. The van der Waals surface area contributed by atoms with Gasteiger partial charge in [-0.2, -0.15) is 0 Å². The van der Waals surface area contributed by atoms with Crippen molar-refractivity contribution in [3.63, 3.8) is 0 Å². The molecular formula is C9H13NOS. The first-order chi connectivity index (χ1) is 5.63. The van der Waals surface area contributed by atoms with E-state index in [2.05, 4.69) is 0 Å². The molecule has 0 bridgehead atoms. The van der Waals surface area contributed by atoms with Crippen LogP contribution in [-0.2, 0) is 10.8 Å². The van der Waals surface area contributed by atoms with Gasteiger partial charge in [0.2, 0.25) is 0 Å². The van der Waals surface area contributed by atoms with Gasteiger partial charge in [0.25, 0.3) is 0 Å². The third kappa shape index (κ3) is 1.93. The van der Waals surface area contributed by atoms with Crippen LogP contribution in [0.2, 0.25) is 0 Å². The Kier molecular flexibility index (Phi) is 3.00. The molecular weight excluding hydrogens is 170 g/mol. The highest BCUT2D eigenvalue weighted by molar-refractivity contribution is 7.84. The predicted molar refractivity (Wildman–Crippen MR) is 51.4 cm³/mol. The number of nitrogens with two attached hydrogens (primary N) is 1. The quantitative estimate of drug-likeness (QED) is 0.754. The first kappa shape index (κ1) is 9.42. The van der Waals surface area contributed by atoms with Gasteiger partial charge >= 0.3 is 0 Å². The van der Waals surface area contributed by atoms with Crippen molar-refractivity contribution in [1.82, 2.24) is 0 Å². The maximum absolute atomic E-state index is 11.2. The van der Waals surface area contributed by atoms with Crippen LogP contribution in [0.1, 0.15) is 18.5 Å². The van der Waals surface area contributed by atoms with Crippen molar-refractivity contribution in [2.24, 2.45) is 5.73 Å². The molecule has 0 spiro atoms. The molecule has 1 aromatic rings. The summed E-state index contributed by atoms with van der Waals surface area (Å²) in [6.45, 7) is 1.89. The maximum Gasteiger partial charge on any atom is 0.0501 e. The molecule has 2 atom stereocenters. The van der Waals surface area contributed by atoms with Crippen LogP contribution in [0.15, 0.2) is 29.2 Å². The van der Waals surface area contributed by atoms with Gasteiger partial charge in [-0.3, -0.25) is 4.21 Å². The van der Waals surface area contributed by atoms with Crippen molar-refractivity contribution in [2.45, 2.75) is 17.9 Å². The predicted octanol–water partition coefficient (Wildman–Crippen LogP) is 1.44. The van der Waals surface area contributed by atoms with Crippen LogP contribution in [-0.4, -0.2) is 10.5 Å². The fraction of sp³-hybridized carbons (Fsp3) is 0.333. The van der Waals surface area contributed by atoms with Crippen LogP contribution in [0.3, 0.4) is 0 Å². The summed E-state index contributed by atoms with van der Waals surface area (Å²) in [6, 6.07) is 7.51. The van der Waals surface area contributed by atoms with E-state index in [1.54, 1.807) is 6.26 Å². The Morgan fingerprint density at radius 3 is 2.42 bits per heavy atom. The van der Waals surface area contributed by atoms with Crippen molar-refractivity contribution in [1.29, 1.82) is 0 Å². The molecule has 0 aliphatic carbocycles. The van der Waals surface area contributed by atoms with Crippen LogP contribution >= 0.6 is 0 Å². The highest BCUT2D eigenvalue weighted by Gasteiger charge is 2.07. The van der Waals surface area contributed by atoms with Crippen LogP contribution in [0.25, 0.3) is 0 Å². The molecule has 0 saturated heterocycles. The molecule has 0 heterocycles. The van der Waals surface area contributed by atoms with Crippen LogP contribution < -0.4 is 5.73 Å². The second-order valence-electron chi connectivity index (χ2n) is 2.78. The van der Waals surface area contributed by atoms with Gasteiger partial charge < -0.3 is 5.73 Å². The molecule has 66 valence electrons. The van der Waals surface area contributed by atoms with E-state index in [9.17, 15) is 4.21 Å². The van der Waals surface area contributed by atoms with Crippen molar-refractivity contribution in [2.75, 3.05) is 6.26 Å². The van der Waals surface area contributed by atoms with Gasteiger partial charge in [-0.15, -0.1) is 0 Å². The van der Waals surface area contributed by atoms with E-state index in [4.69, 9.17) is 5.73 Å². The molecule has 12 heavy (non-hydrogen) atoms. The lowest BCUT2D eigenvalue weighted by molar-refractivity contribution is 0.683. The second-order valence-corrected chi connectivity index (χ2v) is 4.13. The zero-order valence-corrected chi connectivity index (χ0v) is 8.10. The molecule has 2 N–H and O–H groups in total. The fourth-order valence-electron chi connectivity index (χ4n) is 1.12. The van der Waals surface area contributed by atoms with Crippen molar-refractivity contribution in [3.05, 3.63) is 29.8 Å². The lowest BCUT2D eigenvalue weighted by Gasteiger charge is -2.09. The highest BCUT2D eigenvalue weighted by atomic mass is 32.2. The van der Waals surface area contributed by atoms with Crippen LogP contribution in [0.5, 0.6) is 0 Å². The average Bonchev–Trinajstić information content (AvgIpc) is 2.04. The molecule has 2 nitrogen and oxygen atoms in total. The molecule has 0 fully saturated rings. The molecule has 0 amide bonds. The van der Waals surface area contributed by atoms with Crippen molar-refractivity contribution in [3.8, 4) is 0 Å². The van der Waals surface area contributed by atoms with Gasteiger partial charge in [0.05, 0.1) is 10.8 Å². The summed E-state index contributed by atoms with van der Waals surface area (Å²) in [5, 5.41) is 0. The Labute approximate surface area is 75.2 Å². The van der Waals surface area contributed by atoms with E-state index in [1.165, 1.54) is 0 Å². The Morgan fingerprint density at radius 1 is 1.42 bits per heavy atom. The standard InChI is InChI=1S/C9H13NOS/c1-7(10)8-5-3-4-6-9(8)12(2)11/h3-7H,10H2,1-2H3/t7-,12?/m1/s1. The topological polar surface area (TPSA) is 43.1 Å². The molecule has 0 aliphatic rings. The summed E-state index contributed by atoms with van der Waals surface area (Å²) in [6.07, 6.45) is 1.67. The minimum atomic E-state index is -0.941. The van der Waals surface area contributed by atoms with E-state index in [0.29, 0.717) is 0 Å². The zero-order valence-electron chi connectivity index (χ0n) is 7.28. The lowest BCUT2D eigenvalue weighted by Crippen LogP contribution is -2.08. The Morgan fingerprint density at radius 2 is 2.00 bits per heavy atom. The summed E-state index contributed by atoms with van der Waals surface area (Å²) in [7, 11) is -0.941. The second kappa shape index (κ2) is 3.83. The van der Waals surface area contributed by atoms with Crippen LogP contribution in [0.4, 0.5) is 0 Å². The summed E-state index contributed by atoms with van der Waals surface area (Å²) in [4.78, 5) is 0.840. The number of hydrogen-bond acceptors (Lipinski definition) is 2. The third-order valence-corrected chi connectivity index (χ3v) is 2.71. The summed E-state index contributed by atoms with van der Waals surface area (Å²) < 4.78 is 11.2. The monoisotopic (exact) mass is 183 g/mol. The van der Waals surface area contributed by atoms with Crippen molar-refractivity contribution < 1.29 is 4.21 Å². The summed E-state index contributed by atoms with van der Waals surface area (Å²) in [5.74, 6) is 0. The minimum absolute atomic E-state index is 0.0508. The molecule has 0 aliphatic heterocycles. The fourth-order valence-corrected chi connectivity index (χ4v) is 1.97. The van der Waals surface area contributed by atoms with Crippen molar-refractivity contribution >= 4 is 10.8 Å². The molecule has 0 aromatic heterocycles. The number of hydrogen-bond donors (Lipinski definition) is 1. The largest absolute Gasteiger partial charge is 0.324 e. The van der Waals surface area contributed by atoms with Crippen LogP contribution in [0, 0.1) is 0 Å². The molecule has 0 radical (unpaired) electrons. The normalized spacial score (nSPS) is 15.6. The third-order valence-electron chi connectivity index (χ3n) is 1.72. The lowest BCUT2D eigenvalue weighted by atomic mass is 10.1. The Hall–Kier alpha value is -0.670. The molecule has 1 aromatic carbocycles. The van der Waals surface area contributed by atoms with Gasteiger partial charge in [-0.05, 0) is 18.6 Å². The van der Waals surface area contributed by atoms with Gasteiger partial charge in [-0.1, -0.05) is 18.2 Å². The smallest absolute Gasteiger partial charge is 0.0501 e. The van der Waals surface area contributed by atoms with Gasteiger partial charge in [0.1, 0.15) is 0 Å². The Bertz CT molecular complexity index is 296. The zero-order chi connectivity index (χ0) is 9.14. The van der Waals surface area contributed by atoms with E-state index < -0.39 is 10.8 Å². The minimum Gasteiger partial charge on any atom is -0.324 e. The van der Waals surface area contributed by atoms with Gasteiger partial charge in [0, 0.05) is 17.2 Å². The Balaban J connectivity index is 3.17. The first-order valence-electron chi connectivity index (χ1n) is 3.81. The van der Waals surface area contributed by atoms with Gasteiger partial charge in [0.15, 0.2) is 0 Å². The highest BCUT2D eigenvalue weighted by Crippen LogP contribution is 2.17. The van der Waals surface area contributed by atoms with Gasteiger partial charge in [-0.25, -0.2) is 0 Å². The first-order valence-corrected chi connectivity index (χ1v) is 5.36. The van der Waals surface area contributed by atoms with E-state index in [1.807, 2.05) is 31.2 Å². The van der Waals surface area contributed by atoms with E-state index in [-0.39, 0.29) is 6.04 Å². The number of benzene rings is 1. The summed E-state index contributed by atoms with van der Waals surface area (Å²) in [5.41, 5.74) is 6.69. The van der Waals surface area contributed by atoms with E-state index >= 15 is 0 Å². The molecule has 1 rings (SSSR count). The maximum atomic E-state index is 11.2. The average molecular weight is 183 g/mol. The SMILES string of the molecule is C[C@@H](N)c1ccccc1S(C)=O.